The molecule has 0 N–H and O–H groups in total. The number of hydrogen-bond acceptors (Lipinski definition) is 8. The van der Waals surface area contributed by atoms with E-state index in [0.29, 0.717) is 10.7 Å². The van der Waals surface area contributed by atoms with E-state index in [4.69, 9.17) is 10.2 Å². The standard InChI is InChI=1S/C31H25N5O3S/c1-3-22-13-15-23(16-14-22)29-27-11-7-8-12-28(27)31(34(32-29)24-9-5-4-6-10-24)35(33-30(40-31)21(2)37)25-17-19-26(20-18-25)36(38)39/h4-20H,3H2,1-2H3. The smallest absolute Gasteiger partial charge is 0.269 e. The maximum atomic E-state index is 12.8. The number of anilines is 2. The number of rotatable bonds is 6. The first-order valence-electron chi connectivity index (χ1n) is 12.9. The molecule has 9 heteroatoms. The molecular formula is C31H25N5O3S. The summed E-state index contributed by atoms with van der Waals surface area (Å²) in [6, 6.07) is 32.4. The van der Waals surface area contributed by atoms with E-state index in [2.05, 4.69) is 31.2 Å². The van der Waals surface area contributed by atoms with Gasteiger partial charge in [-0.05, 0) is 48.0 Å². The van der Waals surface area contributed by atoms with Crippen LogP contribution in [0.1, 0.15) is 36.1 Å². The lowest BCUT2D eigenvalue weighted by atomic mass is 9.92. The summed E-state index contributed by atoms with van der Waals surface area (Å²) >= 11 is 1.32. The van der Waals surface area contributed by atoms with Gasteiger partial charge in [-0.25, -0.2) is 10.0 Å². The molecule has 4 aromatic carbocycles. The fraction of sp³-hybridized carbons (Fsp3) is 0.129. The van der Waals surface area contributed by atoms with Crippen molar-refractivity contribution in [2.24, 2.45) is 10.2 Å². The van der Waals surface area contributed by atoms with Gasteiger partial charge in [0.1, 0.15) is 0 Å². The largest absolute Gasteiger partial charge is 0.292 e. The molecule has 0 saturated heterocycles. The Balaban J connectivity index is 1.62. The third-order valence-electron chi connectivity index (χ3n) is 6.98. The zero-order valence-electron chi connectivity index (χ0n) is 21.9. The molecule has 198 valence electrons. The first-order chi connectivity index (χ1) is 19.4. The molecule has 2 aliphatic rings. The molecule has 4 aromatic rings. The zero-order valence-corrected chi connectivity index (χ0v) is 22.7. The molecule has 0 aromatic heterocycles. The Morgan fingerprint density at radius 1 is 0.850 bits per heavy atom. The highest BCUT2D eigenvalue weighted by Crippen LogP contribution is 2.55. The van der Waals surface area contributed by atoms with E-state index in [0.717, 1.165) is 34.5 Å². The summed E-state index contributed by atoms with van der Waals surface area (Å²) in [5, 5.41) is 25.4. The van der Waals surface area contributed by atoms with Crippen molar-refractivity contribution in [1.82, 2.24) is 0 Å². The number of non-ortho nitro benzene ring substituents is 1. The number of hydrazone groups is 2. The van der Waals surface area contributed by atoms with Crippen LogP contribution in [-0.4, -0.2) is 21.5 Å². The maximum absolute atomic E-state index is 12.8. The Bertz CT molecular complexity index is 1670. The van der Waals surface area contributed by atoms with Crippen LogP contribution < -0.4 is 10.0 Å². The number of thioether (sulfide) groups is 1. The van der Waals surface area contributed by atoms with E-state index in [1.807, 2.05) is 59.6 Å². The van der Waals surface area contributed by atoms with Crippen molar-refractivity contribution >= 4 is 45.4 Å². The minimum Gasteiger partial charge on any atom is -0.292 e. The van der Waals surface area contributed by atoms with Gasteiger partial charge in [-0.15, -0.1) is 0 Å². The van der Waals surface area contributed by atoms with Gasteiger partial charge in [-0.2, -0.15) is 10.2 Å². The first-order valence-corrected chi connectivity index (χ1v) is 13.7. The second-order valence-electron chi connectivity index (χ2n) is 9.45. The van der Waals surface area contributed by atoms with Gasteiger partial charge < -0.3 is 0 Å². The van der Waals surface area contributed by atoms with Crippen molar-refractivity contribution in [2.75, 3.05) is 10.0 Å². The Morgan fingerprint density at radius 2 is 1.48 bits per heavy atom. The van der Waals surface area contributed by atoms with Crippen molar-refractivity contribution < 1.29 is 9.72 Å². The van der Waals surface area contributed by atoms with Crippen LogP contribution in [0.5, 0.6) is 0 Å². The minimum atomic E-state index is -1.11. The molecule has 6 rings (SSSR count). The topological polar surface area (TPSA) is 91.4 Å². The maximum Gasteiger partial charge on any atom is 0.269 e. The summed E-state index contributed by atoms with van der Waals surface area (Å²) in [4.78, 5) is 22.6. The Kier molecular flexibility index (Phi) is 6.43. The number of nitrogens with zero attached hydrogens (tertiary/aromatic N) is 5. The third-order valence-corrected chi connectivity index (χ3v) is 8.39. The molecule has 1 atom stereocenters. The van der Waals surface area contributed by atoms with E-state index in [9.17, 15) is 14.9 Å². The van der Waals surface area contributed by atoms with E-state index in [1.165, 1.54) is 36.4 Å². The van der Waals surface area contributed by atoms with Crippen LogP contribution in [0.3, 0.4) is 0 Å². The quantitative estimate of drug-likeness (QED) is 0.197. The number of carbonyl (C=O) groups excluding carboxylic acids is 1. The van der Waals surface area contributed by atoms with Gasteiger partial charge >= 0.3 is 0 Å². The molecule has 40 heavy (non-hydrogen) atoms. The molecule has 8 nitrogen and oxygen atoms in total. The van der Waals surface area contributed by atoms with E-state index in [1.54, 1.807) is 17.1 Å². The molecule has 0 radical (unpaired) electrons. The predicted molar refractivity (Wildman–Crippen MR) is 160 cm³/mol. The SMILES string of the molecule is CCc1ccc(C2=NN(c3ccccc3)C3(SC(C(C)=O)=NN3c3ccc([N+](=O)[O-])cc3)c3ccccc32)cc1. The number of carbonyl (C=O) groups is 1. The van der Waals surface area contributed by atoms with Crippen LogP contribution >= 0.6 is 11.8 Å². The summed E-state index contributed by atoms with van der Waals surface area (Å²) in [6.07, 6.45) is 0.939. The highest BCUT2D eigenvalue weighted by Gasteiger charge is 2.55. The zero-order chi connectivity index (χ0) is 27.9. The van der Waals surface area contributed by atoms with Crippen LogP contribution in [0.15, 0.2) is 113 Å². The van der Waals surface area contributed by atoms with Crippen LogP contribution in [0.4, 0.5) is 17.1 Å². The molecule has 0 bridgehead atoms. The predicted octanol–water partition coefficient (Wildman–Crippen LogP) is 6.70. The van der Waals surface area contributed by atoms with Gasteiger partial charge in [0.2, 0.25) is 4.99 Å². The Hall–Kier alpha value is -4.76. The molecule has 0 fully saturated rings. The van der Waals surface area contributed by atoms with Crippen molar-refractivity contribution in [3.63, 3.8) is 0 Å². The molecule has 2 heterocycles. The van der Waals surface area contributed by atoms with Crippen LogP contribution in [0, 0.1) is 10.1 Å². The second kappa shape index (κ2) is 10.1. The molecule has 1 unspecified atom stereocenters. The van der Waals surface area contributed by atoms with E-state index >= 15 is 0 Å². The molecule has 2 aliphatic heterocycles. The van der Waals surface area contributed by atoms with Crippen molar-refractivity contribution in [3.8, 4) is 0 Å². The molecule has 0 saturated carbocycles. The first kappa shape index (κ1) is 25.5. The summed E-state index contributed by atoms with van der Waals surface area (Å²) in [5.41, 5.74) is 6.19. The van der Waals surface area contributed by atoms with Gasteiger partial charge in [-0.1, -0.05) is 73.7 Å². The number of nitro groups is 1. The van der Waals surface area contributed by atoms with Crippen molar-refractivity contribution in [2.45, 2.75) is 25.3 Å². The lowest BCUT2D eigenvalue weighted by molar-refractivity contribution is -0.384. The number of nitro benzene ring substituents is 1. The highest BCUT2D eigenvalue weighted by molar-refractivity contribution is 8.17. The van der Waals surface area contributed by atoms with Crippen molar-refractivity contribution in [3.05, 3.63) is 135 Å². The average Bonchev–Trinajstić information content (AvgIpc) is 3.39. The Morgan fingerprint density at radius 3 is 2.12 bits per heavy atom. The minimum absolute atomic E-state index is 0.0276. The number of ketones is 1. The van der Waals surface area contributed by atoms with Gasteiger partial charge in [-0.3, -0.25) is 14.9 Å². The number of para-hydroxylation sites is 1. The number of hydrogen-bond donors (Lipinski definition) is 0. The highest BCUT2D eigenvalue weighted by atomic mass is 32.2. The summed E-state index contributed by atoms with van der Waals surface area (Å²) in [7, 11) is 0. The van der Waals surface area contributed by atoms with E-state index < -0.39 is 9.92 Å². The van der Waals surface area contributed by atoms with Crippen LogP contribution in [-0.2, 0) is 16.2 Å². The molecule has 1 spiro atoms. The third kappa shape index (κ3) is 4.15. The van der Waals surface area contributed by atoms with Gasteiger partial charge in [0.15, 0.2) is 10.8 Å². The number of Topliss-reactive ketones (excluding diaryl/α,β-unsaturated/α-hetero) is 1. The Labute approximate surface area is 235 Å². The molecule has 0 aliphatic carbocycles. The van der Waals surface area contributed by atoms with Gasteiger partial charge in [0, 0.05) is 35.7 Å². The monoisotopic (exact) mass is 547 g/mol. The number of aryl methyl sites for hydroxylation is 1. The summed E-state index contributed by atoms with van der Waals surface area (Å²) in [5.74, 6) is -0.177. The number of benzene rings is 4. The molecular weight excluding hydrogens is 522 g/mol. The van der Waals surface area contributed by atoms with Gasteiger partial charge in [0.05, 0.1) is 22.0 Å². The van der Waals surface area contributed by atoms with Crippen molar-refractivity contribution in [1.29, 1.82) is 0 Å². The lowest BCUT2D eigenvalue weighted by Crippen LogP contribution is -2.54. The fourth-order valence-corrected chi connectivity index (χ4v) is 6.26. The summed E-state index contributed by atoms with van der Waals surface area (Å²) < 4.78 is 0. The second-order valence-corrected chi connectivity index (χ2v) is 10.6. The van der Waals surface area contributed by atoms with Crippen LogP contribution in [0.2, 0.25) is 0 Å². The fourth-order valence-electron chi connectivity index (χ4n) is 4.97. The normalized spacial score (nSPS) is 17.9. The van der Waals surface area contributed by atoms with Gasteiger partial charge in [0.25, 0.3) is 5.69 Å². The molecule has 0 amide bonds. The average molecular weight is 548 g/mol. The van der Waals surface area contributed by atoms with Crippen LogP contribution in [0.25, 0.3) is 0 Å². The lowest BCUT2D eigenvalue weighted by Gasteiger charge is -2.47. The summed E-state index contributed by atoms with van der Waals surface area (Å²) in [6.45, 7) is 3.62. The van der Waals surface area contributed by atoms with E-state index in [-0.39, 0.29) is 11.5 Å². The number of fused-ring (bicyclic) bond motifs is 2.